The molecule has 0 heterocycles. The van der Waals surface area contributed by atoms with Crippen LogP contribution < -0.4 is 10.6 Å². The molecule has 5 nitrogen and oxygen atoms in total. The highest BCUT2D eigenvalue weighted by molar-refractivity contribution is 6.08. The summed E-state index contributed by atoms with van der Waals surface area (Å²) in [7, 11) is 0. The van der Waals surface area contributed by atoms with Crippen LogP contribution in [0.15, 0.2) is 36.4 Å². The summed E-state index contributed by atoms with van der Waals surface area (Å²) in [6.07, 6.45) is 4.81. The maximum absolute atomic E-state index is 12.7. The Bertz CT molecular complexity index is 799. The molecule has 2 N–H and O–H groups in total. The summed E-state index contributed by atoms with van der Waals surface area (Å²) in [5, 5.41) is 7.87. The molecule has 0 aromatic heterocycles. The number of hydrogen-bond donors (Lipinski definition) is 2. The van der Waals surface area contributed by atoms with Gasteiger partial charge in [-0.1, -0.05) is 37.6 Å². The van der Waals surface area contributed by atoms with Gasteiger partial charge in [0.15, 0.2) is 0 Å². The lowest BCUT2D eigenvalue weighted by atomic mass is 10.0. The zero-order valence-electron chi connectivity index (χ0n) is 15.9. The second-order valence-corrected chi connectivity index (χ2v) is 7.08. The summed E-state index contributed by atoms with van der Waals surface area (Å²) >= 11 is 0. The molecule has 27 heavy (non-hydrogen) atoms. The summed E-state index contributed by atoms with van der Waals surface area (Å²) in [6.45, 7) is 4.09. The molecule has 0 bridgehead atoms. The number of hydrogen-bond acceptors (Lipinski definition) is 3. The van der Waals surface area contributed by atoms with Crippen LogP contribution in [0.5, 0.6) is 0 Å². The Balaban J connectivity index is 1.65. The van der Waals surface area contributed by atoms with Crippen LogP contribution in [0.4, 0.5) is 5.69 Å². The lowest BCUT2D eigenvalue weighted by Gasteiger charge is -2.13. The van der Waals surface area contributed by atoms with Gasteiger partial charge in [0.1, 0.15) is 0 Å². The van der Waals surface area contributed by atoms with Crippen LogP contribution in [0.3, 0.4) is 0 Å². The summed E-state index contributed by atoms with van der Waals surface area (Å²) in [5.74, 6) is -0.0725. The molecule has 0 saturated heterocycles. The maximum atomic E-state index is 12.7. The van der Waals surface area contributed by atoms with Crippen molar-refractivity contribution in [3.63, 3.8) is 0 Å². The fourth-order valence-electron chi connectivity index (χ4n) is 2.93. The van der Waals surface area contributed by atoms with Crippen molar-refractivity contribution in [3.05, 3.63) is 42.0 Å². The maximum Gasteiger partial charge on any atom is 0.253 e. The second-order valence-electron chi connectivity index (χ2n) is 7.08. The topological polar surface area (TPSA) is 67.4 Å². The summed E-state index contributed by atoms with van der Waals surface area (Å²) < 4.78 is 5.52. The summed E-state index contributed by atoms with van der Waals surface area (Å²) in [4.78, 5) is 24.9. The van der Waals surface area contributed by atoms with E-state index in [-0.39, 0.29) is 17.7 Å². The molecule has 0 radical (unpaired) electrons. The number of nitrogens with one attached hydrogen (secondary N) is 2. The first kappa shape index (κ1) is 19.4. The van der Waals surface area contributed by atoms with Crippen molar-refractivity contribution in [3.8, 4) is 0 Å². The minimum Gasteiger partial charge on any atom is -0.381 e. The predicted octanol–water partition coefficient (Wildman–Crippen LogP) is 4.12. The molecule has 2 amide bonds. The van der Waals surface area contributed by atoms with Crippen molar-refractivity contribution in [2.24, 2.45) is 5.92 Å². The smallest absolute Gasteiger partial charge is 0.253 e. The second kappa shape index (κ2) is 9.51. The molecule has 0 aliphatic heterocycles. The van der Waals surface area contributed by atoms with Crippen LogP contribution >= 0.6 is 0 Å². The van der Waals surface area contributed by atoms with Gasteiger partial charge in [0, 0.05) is 25.7 Å². The Morgan fingerprint density at radius 2 is 1.78 bits per heavy atom. The van der Waals surface area contributed by atoms with Crippen LogP contribution in [-0.4, -0.2) is 31.6 Å². The molecular weight excluding hydrogens is 340 g/mol. The van der Waals surface area contributed by atoms with Gasteiger partial charge in [-0.3, -0.25) is 9.59 Å². The average molecular weight is 368 g/mol. The van der Waals surface area contributed by atoms with Crippen LogP contribution in [0.1, 0.15) is 49.4 Å². The Morgan fingerprint density at radius 3 is 2.48 bits per heavy atom. The number of anilines is 1. The van der Waals surface area contributed by atoms with Crippen LogP contribution in [-0.2, 0) is 9.53 Å². The number of benzene rings is 2. The SMILES string of the molecule is CCCCOCCCNC(=O)c1cc2ccccc2cc1NC(=O)C1CC1. The van der Waals surface area contributed by atoms with Gasteiger partial charge in [-0.15, -0.1) is 0 Å². The van der Waals surface area contributed by atoms with E-state index in [1.54, 1.807) is 0 Å². The number of carbonyl (C=O) groups is 2. The van der Waals surface area contributed by atoms with Gasteiger partial charge in [-0.05, 0) is 48.6 Å². The Kier molecular flexibility index (Phi) is 6.82. The molecule has 5 heteroatoms. The van der Waals surface area contributed by atoms with E-state index < -0.39 is 0 Å². The van der Waals surface area contributed by atoms with Crippen LogP contribution in [0, 0.1) is 5.92 Å². The van der Waals surface area contributed by atoms with Crippen molar-refractivity contribution < 1.29 is 14.3 Å². The lowest BCUT2D eigenvalue weighted by molar-refractivity contribution is -0.117. The van der Waals surface area contributed by atoms with E-state index in [9.17, 15) is 9.59 Å². The van der Waals surface area contributed by atoms with Crippen molar-refractivity contribution in [2.45, 2.75) is 39.0 Å². The van der Waals surface area contributed by atoms with Gasteiger partial charge >= 0.3 is 0 Å². The minimum absolute atomic E-state index is 0.00338. The standard InChI is InChI=1S/C22H28N2O3/c1-2-3-12-27-13-6-11-23-22(26)19-14-17-7-4-5-8-18(17)15-20(19)24-21(25)16-9-10-16/h4-5,7-8,14-16H,2-3,6,9-13H2,1H3,(H,23,26)(H,24,25). The molecular formula is C22H28N2O3. The first-order valence-corrected chi connectivity index (χ1v) is 9.88. The van der Waals surface area contributed by atoms with E-state index in [1.165, 1.54) is 0 Å². The molecule has 2 aromatic carbocycles. The Labute approximate surface area is 160 Å². The monoisotopic (exact) mass is 368 g/mol. The van der Waals surface area contributed by atoms with E-state index in [0.717, 1.165) is 49.5 Å². The highest BCUT2D eigenvalue weighted by Crippen LogP contribution is 2.31. The van der Waals surface area contributed by atoms with E-state index in [2.05, 4.69) is 17.6 Å². The van der Waals surface area contributed by atoms with Gasteiger partial charge < -0.3 is 15.4 Å². The number of amides is 2. The number of unbranched alkanes of at least 4 members (excludes halogenated alkanes) is 1. The normalized spacial score (nSPS) is 13.5. The molecule has 3 rings (SSSR count). The minimum atomic E-state index is -0.166. The largest absolute Gasteiger partial charge is 0.381 e. The first-order chi connectivity index (χ1) is 13.2. The van der Waals surface area contributed by atoms with Gasteiger partial charge in [-0.2, -0.15) is 0 Å². The third kappa shape index (κ3) is 5.54. The molecule has 0 spiro atoms. The average Bonchev–Trinajstić information content (AvgIpc) is 3.52. The van der Waals surface area contributed by atoms with E-state index in [0.29, 0.717) is 24.4 Å². The van der Waals surface area contributed by atoms with E-state index in [1.807, 2.05) is 36.4 Å². The number of carbonyl (C=O) groups excluding carboxylic acids is 2. The van der Waals surface area contributed by atoms with Crippen molar-refractivity contribution in [2.75, 3.05) is 25.1 Å². The highest BCUT2D eigenvalue weighted by Gasteiger charge is 2.30. The molecule has 144 valence electrons. The van der Waals surface area contributed by atoms with Crippen molar-refractivity contribution in [1.82, 2.24) is 5.32 Å². The predicted molar refractivity (Wildman–Crippen MR) is 108 cm³/mol. The molecule has 0 unspecified atom stereocenters. The van der Waals surface area contributed by atoms with Crippen molar-refractivity contribution in [1.29, 1.82) is 0 Å². The third-order valence-electron chi connectivity index (χ3n) is 4.73. The van der Waals surface area contributed by atoms with Crippen LogP contribution in [0.25, 0.3) is 10.8 Å². The van der Waals surface area contributed by atoms with Gasteiger partial charge in [-0.25, -0.2) is 0 Å². The quantitative estimate of drug-likeness (QED) is 0.620. The Morgan fingerprint density at radius 1 is 1.07 bits per heavy atom. The fraction of sp³-hybridized carbons (Fsp3) is 0.455. The summed E-state index contributed by atoms with van der Waals surface area (Å²) in [6, 6.07) is 11.6. The van der Waals surface area contributed by atoms with Gasteiger partial charge in [0.25, 0.3) is 5.91 Å². The number of rotatable bonds is 10. The number of fused-ring (bicyclic) bond motifs is 1. The highest BCUT2D eigenvalue weighted by atomic mass is 16.5. The zero-order valence-corrected chi connectivity index (χ0v) is 15.9. The molecule has 1 fully saturated rings. The zero-order chi connectivity index (χ0) is 19.1. The number of ether oxygens (including phenoxy) is 1. The van der Waals surface area contributed by atoms with Crippen LogP contribution in [0.2, 0.25) is 0 Å². The lowest BCUT2D eigenvalue weighted by Crippen LogP contribution is -2.27. The third-order valence-corrected chi connectivity index (χ3v) is 4.73. The molecule has 0 atom stereocenters. The molecule has 2 aromatic rings. The van der Waals surface area contributed by atoms with Crippen molar-refractivity contribution >= 4 is 28.3 Å². The Hall–Kier alpha value is -2.40. The molecule has 1 aliphatic carbocycles. The van der Waals surface area contributed by atoms with E-state index >= 15 is 0 Å². The molecule has 1 saturated carbocycles. The van der Waals surface area contributed by atoms with Gasteiger partial charge in [0.05, 0.1) is 11.3 Å². The first-order valence-electron chi connectivity index (χ1n) is 9.88. The van der Waals surface area contributed by atoms with Gasteiger partial charge in [0.2, 0.25) is 5.91 Å². The molecule has 1 aliphatic rings. The fourth-order valence-corrected chi connectivity index (χ4v) is 2.93. The van der Waals surface area contributed by atoms with E-state index in [4.69, 9.17) is 4.74 Å². The summed E-state index contributed by atoms with van der Waals surface area (Å²) in [5.41, 5.74) is 1.09.